The van der Waals surface area contributed by atoms with E-state index < -0.39 is 62.2 Å². The topological polar surface area (TPSA) is 216 Å². The number of hydrogen-bond acceptors (Lipinski definition) is 14. The van der Waals surface area contributed by atoms with E-state index in [1.54, 1.807) is 18.2 Å². The number of anilines is 1. The number of rotatable bonds is 15. The summed E-state index contributed by atoms with van der Waals surface area (Å²) in [7, 11) is -4.48. The van der Waals surface area contributed by atoms with Crippen LogP contribution in [0.15, 0.2) is 36.7 Å². The zero-order valence-corrected chi connectivity index (χ0v) is 30.8. The van der Waals surface area contributed by atoms with Crippen LogP contribution < -0.4 is 15.3 Å². The standard InChI is InChI=1S/C35H45N6O10P/c1-6-24(7-2)17-46-34(44)21(3)40-52(45,51-28-14-10-12-25-11-8-9-13-26(25)28)47-18-29-31(48-22(4)42)32(49-23(5)43)35(19-36,50-29)30-16-15-27-33(37)38-20-39-41(27)30/h10,12,14-16,20-21,24,29,31-32H,6-9,11,13,17-18H2,1-5H3,(H,40,45)(H2,37,38,39)/t21-,29+,31+,32+,35-,52-/m0/s1. The molecule has 3 aromatic rings. The van der Waals surface area contributed by atoms with E-state index in [9.17, 15) is 24.2 Å². The second kappa shape index (κ2) is 16.4. The second-order valence-electron chi connectivity index (χ2n) is 12.9. The molecule has 1 saturated heterocycles. The molecule has 1 aromatic carbocycles. The van der Waals surface area contributed by atoms with E-state index in [-0.39, 0.29) is 24.0 Å². The monoisotopic (exact) mass is 740 g/mol. The molecule has 1 aliphatic carbocycles. The highest BCUT2D eigenvalue weighted by molar-refractivity contribution is 7.52. The molecule has 17 heteroatoms. The van der Waals surface area contributed by atoms with Crippen molar-refractivity contribution in [2.24, 2.45) is 5.92 Å². The lowest BCUT2D eigenvalue weighted by Crippen LogP contribution is -2.45. The van der Waals surface area contributed by atoms with Gasteiger partial charge in [0.2, 0.25) is 5.60 Å². The van der Waals surface area contributed by atoms with Gasteiger partial charge in [-0.05, 0) is 67.9 Å². The van der Waals surface area contributed by atoms with E-state index in [4.69, 9.17) is 33.7 Å². The molecule has 3 N–H and O–H groups in total. The number of nitrogen functional groups attached to an aromatic ring is 1. The summed E-state index contributed by atoms with van der Waals surface area (Å²) < 4.78 is 51.3. The Balaban J connectivity index is 1.50. The number of ether oxygens (including phenoxy) is 4. The maximum Gasteiger partial charge on any atom is 0.459 e. The number of aromatic nitrogens is 3. The van der Waals surface area contributed by atoms with Gasteiger partial charge >= 0.3 is 25.7 Å². The Hall–Kier alpha value is -4.55. The molecular formula is C35H45N6O10P. The number of benzene rings is 1. The van der Waals surface area contributed by atoms with Gasteiger partial charge < -0.3 is 29.2 Å². The molecule has 0 radical (unpaired) electrons. The van der Waals surface area contributed by atoms with Gasteiger partial charge in [0.15, 0.2) is 18.0 Å². The number of hydrogen-bond donors (Lipinski definition) is 2. The molecule has 3 heterocycles. The fraction of sp³-hybridized carbons (Fsp3) is 0.543. The van der Waals surface area contributed by atoms with Crippen molar-refractivity contribution in [3.8, 4) is 11.8 Å². The smallest absolute Gasteiger partial charge is 0.459 e. The number of fused-ring (bicyclic) bond motifs is 2. The first kappa shape index (κ1) is 38.7. The van der Waals surface area contributed by atoms with Crippen molar-refractivity contribution in [1.29, 1.82) is 5.26 Å². The van der Waals surface area contributed by atoms with Crippen molar-refractivity contribution in [1.82, 2.24) is 19.7 Å². The quantitative estimate of drug-likeness (QED) is 0.126. The average molecular weight is 741 g/mol. The Morgan fingerprint density at radius 3 is 2.56 bits per heavy atom. The molecule has 280 valence electrons. The second-order valence-corrected chi connectivity index (χ2v) is 14.6. The van der Waals surface area contributed by atoms with Crippen LogP contribution in [0.1, 0.15) is 77.1 Å². The summed E-state index contributed by atoms with van der Waals surface area (Å²) in [4.78, 5) is 42.0. The van der Waals surface area contributed by atoms with Crippen LogP contribution in [0.2, 0.25) is 0 Å². The molecule has 0 spiro atoms. The number of carbonyl (C=O) groups excluding carboxylic acids is 3. The number of aryl methyl sites for hydroxylation is 1. The summed E-state index contributed by atoms with van der Waals surface area (Å²) >= 11 is 0. The van der Waals surface area contributed by atoms with E-state index in [1.165, 1.54) is 23.8 Å². The molecular weight excluding hydrogens is 695 g/mol. The van der Waals surface area contributed by atoms with Crippen LogP contribution in [0.25, 0.3) is 5.52 Å². The molecule has 16 nitrogen and oxygen atoms in total. The van der Waals surface area contributed by atoms with Crippen LogP contribution in [-0.4, -0.2) is 70.1 Å². The lowest BCUT2D eigenvalue weighted by Gasteiger charge is -2.28. The lowest BCUT2D eigenvalue weighted by atomic mass is 9.91. The van der Waals surface area contributed by atoms with E-state index in [1.807, 2.05) is 19.9 Å². The van der Waals surface area contributed by atoms with Gasteiger partial charge in [-0.25, -0.2) is 14.1 Å². The normalized spacial score (nSPS) is 22.9. The molecule has 0 unspecified atom stereocenters. The first-order chi connectivity index (χ1) is 24.8. The van der Waals surface area contributed by atoms with Crippen LogP contribution in [0.5, 0.6) is 5.75 Å². The molecule has 1 fully saturated rings. The van der Waals surface area contributed by atoms with E-state index >= 15 is 0 Å². The fourth-order valence-electron chi connectivity index (χ4n) is 6.54. The Kier molecular flexibility index (Phi) is 12.2. The number of nitrogens with one attached hydrogen (secondary N) is 1. The summed E-state index contributed by atoms with van der Waals surface area (Å²) in [5, 5.41) is 17.7. The Bertz CT molecular complexity index is 1880. The van der Waals surface area contributed by atoms with Gasteiger partial charge in [-0.2, -0.15) is 15.4 Å². The third kappa shape index (κ3) is 8.23. The zero-order chi connectivity index (χ0) is 37.6. The fourth-order valence-corrected chi connectivity index (χ4v) is 8.07. The maximum absolute atomic E-state index is 14.7. The van der Waals surface area contributed by atoms with Gasteiger partial charge in [-0.3, -0.25) is 18.9 Å². The van der Waals surface area contributed by atoms with E-state index in [2.05, 4.69) is 21.2 Å². The Labute approximate surface area is 301 Å². The number of nitrogens with zero attached hydrogens (tertiary/aromatic N) is 4. The minimum Gasteiger partial charge on any atom is -0.464 e. The van der Waals surface area contributed by atoms with Gasteiger partial charge in [0.25, 0.3) is 0 Å². The highest BCUT2D eigenvalue weighted by Crippen LogP contribution is 2.50. The first-order valence-electron chi connectivity index (χ1n) is 17.4. The summed E-state index contributed by atoms with van der Waals surface area (Å²) in [6, 6.07) is 9.44. The summed E-state index contributed by atoms with van der Waals surface area (Å²) in [6.45, 7) is 7.32. The number of carbonyl (C=O) groups is 3. The summed E-state index contributed by atoms with van der Waals surface area (Å²) in [6.07, 6.45) is 1.88. The van der Waals surface area contributed by atoms with Gasteiger partial charge in [0.05, 0.1) is 18.9 Å². The van der Waals surface area contributed by atoms with Crippen LogP contribution in [0.3, 0.4) is 0 Å². The molecule has 0 bridgehead atoms. The highest BCUT2D eigenvalue weighted by Gasteiger charge is 2.62. The van der Waals surface area contributed by atoms with Crippen LogP contribution in [0.4, 0.5) is 5.82 Å². The minimum atomic E-state index is -4.48. The predicted octanol–water partition coefficient (Wildman–Crippen LogP) is 4.33. The predicted molar refractivity (Wildman–Crippen MR) is 186 cm³/mol. The average Bonchev–Trinajstić information content (AvgIpc) is 3.68. The van der Waals surface area contributed by atoms with Crippen molar-refractivity contribution in [3.63, 3.8) is 0 Å². The van der Waals surface area contributed by atoms with Gasteiger partial charge in [0, 0.05) is 13.8 Å². The molecule has 1 aliphatic heterocycles. The lowest BCUT2D eigenvalue weighted by molar-refractivity contribution is -0.166. The molecule has 6 atom stereocenters. The highest BCUT2D eigenvalue weighted by atomic mass is 31.2. The third-order valence-corrected chi connectivity index (χ3v) is 11.0. The van der Waals surface area contributed by atoms with E-state index in [0.29, 0.717) is 17.7 Å². The SMILES string of the molecule is CCC(CC)COC(=O)[C@H](C)N[P@](=O)(OC[C@H]1O[C@@](C#N)(c2ccc3c(N)ncnn23)[C@H](OC(C)=O)[C@@H]1OC(C)=O)Oc1cccc2c1CCCC2. The van der Waals surface area contributed by atoms with Crippen molar-refractivity contribution in [2.45, 2.75) is 103 Å². The summed E-state index contributed by atoms with van der Waals surface area (Å²) in [5.41, 5.74) is 6.26. The molecule has 2 aliphatic rings. The number of esters is 3. The number of nitriles is 1. The summed E-state index contributed by atoms with van der Waals surface area (Å²) in [5.74, 6) is -1.66. The molecule has 52 heavy (non-hydrogen) atoms. The van der Waals surface area contributed by atoms with Crippen molar-refractivity contribution >= 4 is 37.0 Å². The van der Waals surface area contributed by atoms with Gasteiger partial charge in [-0.15, -0.1) is 0 Å². The Morgan fingerprint density at radius 1 is 1.13 bits per heavy atom. The molecule has 5 rings (SSSR count). The molecule has 0 amide bonds. The number of nitrogens with two attached hydrogens (primary N) is 1. The Morgan fingerprint density at radius 2 is 1.87 bits per heavy atom. The first-order valence-corrected chi connectivity index (χ1v) is 18.9. The largest absolute Gasteiger partial charge is 0.464 e. The van der Waals surface area contributed by atoms with Crippen molar-refractivity contribution in [3.05, 3.63) is 53.5 Å². The molecule has 2 aromatic heterocycles. The van der Waals surface area contributed by atoms with Gasteiger partial charge in [-0.1, -0.05) is 38.8 Å². The maximum atomic E-state index is 14.7. The van der Waals surface area contributed by atoms with Crippen molar-refractivity contribution in [2.75, 3.05) is 18.9 Å². The van der Waals surface area contributed by atoms with E-state index in [0.717, 1.165) is 57.1 Å². The minimum absolute atomic E-state index is 0.0901. The van der Waals surface area contributed by atoms with Crippen LogP contribution in [0, 0.1) is 17.2 Å². The van der Waals surface area contributed by atoms with Crippen LogP contribution >= 0.6 is 7.75 Å². The third-order valence-electron chi connectivity index (χ3n) is 9.33. The van der Waals surface area contributed by atoms with Gasteiger partial charge in [0.1, 0.15) is 35.8 Å². The van der Waals surface area contributed by atoms with Crippen molar-refractivity contribution < 1.29 is 46.9 Å². The van der Waals surface area contributed by atoms with Crippen LogP contribution in [-0.2, 0) is 60.9 Å². The molecule has 0 saturated carbocycles. The zero-order valence-electron chi connectivity index (χ0n) is 29.9.